The Labute approximate surface area is 130 Å². The van der Waals surface area contributed by atoms with Crippen molar-refractivity contribution < 1.29 is 4.74 Å². The van der Waals surface area contributed by atoms with Crippen LogP contribution in [0.4, 0.5) is 0 Å². The Bertz CT molecular complexity index is 405. The Morgan fingerprint density at radius 1 is 1.30 bits per heavy atom. The molecule has 1 fully saturated rings. The summed E-state index contributed by atoms with van der Waals surface area (Å²) < 4.78 is 6.94. The highest BCUT2D eigenvalue weighted by atomic mass is 79.9. The van der Waals surface area contributed by atoms with Crippen LogP contribution < -0.4 is 5.32 Å². The van der Waals surface area contributed by atoms with Gasteiger partial charge in [-0.3, -0.25) is 0 Å². The van der Waals surface area contributed by atoms with E-state index in [2.05, 4.69) is 51.3 Å². The molecule has 0 bridgehead atoms. The van der Waals surface area contributed by atoms with Crippen molar-refractivity contribution in [3.8, 4) is 0 Å². The summed E-state index contributed by atoms with van der Waals surface area (Å²) in [5.41, 5.74) is 2.53. The van der Waals surface area contributed by atoms with Gasteiger partial charge in [-0.1, -0.05) is 35.0 Å². The van der Waals surface area contributed by atoms with Crippen LogP contribution in [0, 0.1) is 0 Å². The van der Waals surface area contributed by atoms with Crippen molar-refractivity contribution >= 4 is 15.9 Å². The van der Waals surface area contributed by atoms with Crippen molar-refractivity contribution in [2.24, 2.45) is 0 Å². The third-order valence-corrected chi connectivity index (χ3v) is 4.44. The zero-order chi connectivity index (χ0) is 14.2. The van der Waals surface area contributed by atoms with Gasteiger partial charge in [-0.2, -0.15) is 0 Å². The third kappa shape index (κ3) is 5.17. The topological polar surface area (TPSA) is 24.5 Å². The smallest absolute Gasteiger partial charge is 0.0728 e. The number of rotatable bonds is 8. The van der Waals surface area contributed by atoms with Crippen LogP contribution in [0.1, 0.15) is 30.9 Å². The van der Waals surface area contributed by atoms with Crippen molar-refractivity contribution in [2.75, 3.05) is 32.8 Å². The predicted octanol–water partition coefficient (Wildman–Crippen LogP) is 3.17. The summed E-state index contributed by atoms with van der Waals surface area (Å²) in [4.78, 5) is 2.48. The average molecular weight is 341 g/mol. The first-order valence-corrected chi connectivity index (χ1v) is 8.37. The minimum Gasteiger partial charge on any atom is -0.375 e. The summed E-state index contributed by atoms with van der Waals surface area (Å²) >= 11 is 3.64. The van der Waals surface area contributed by atoms with Gasteiger partial charge in [0.15, 0.2) is 0 Å². The molecule has 0 aliphatic carbocycles. The van der Waals surface area contributed by atoms with Gasteiger partial charge in [-0.25, -0.2) is 0 Å². The number of hydrogen-bond acceptors (Lipinski definition) is 3. The lowest BCUT2D eigenvalue weighted by Gasteiger charge is -2.14. The molecule has 3 nitrogen and oxygen atoms in total. The number of ether oxygens (including phenoxy) is 1. The average Bonchev–Trinajstić information content (AvgIpc) is 2.96. The summed E-state index contributed by atoms with van der Waals surface area (Å²) in [6, 6.07) is 6.51. The molecule has 112 valence electrons. The van der Waals surface area contributed by atoms with Gasteiger partial charge in [0.05, 0.1) is 13.2 Å². The molecule has 0 amide bonds. The van der Waals surface area contributed by atoms with Crippen LogP contribution in [0.3, 0.4) is 0 Å². The maximum absolute atomic E-state index is 5.80. The lowest BCUT2D eigenvalue weighted by Crippen LogP contribution is -2.23. The van der Waals surface area contributed by atoms with E-state index in [9.17, 15) is 0 Å². The highest BCUT2D eigenvalue weighted by Gasteiger charge is 2.10. The van der Waals surface area contributed by atoms with Crippen LogP contribution in [0.25, 0.3) is 0 Å². The van der Waals surface area contributed by atoms with Crippen molar-refractivity contribution in [3.05, 3.63) is 33.8 Å². The SMILES string of the molecule is CCNCc1ccc(COCCN2CCCC2)c(Br)c1. The maximum Gasteiger partial charge on any atom is 0.0728 e. The summed E-state index contributed by atoms with van der Waals surface area (Å²) in [5.74, 6) is 0. The minimum absolute atomic E-state index is 0.690. The fraction of sp³-hybridized carbons (Fsp3) is 0.625. The Kier molecular flexibility index (Phi) is 7.00. The monoisotopic (exact) mass is 340 g/mol. The van der Waals surface area contributed by atoms with Gasteiger partial charge in [0.1, 0.15) is 0 Å². The van der Waals surface area contributed by atoms with Gasteiger partial charge in [0.2, 0.25) is 0 Å². The van der Waals surface area contributed by atoms with Gasteiger partial charge in [-0.05, 0) is 49.7 Å². The van der Waals surface area contributed by atoms with Gasteiger partial charge >= 0.3 is 0 Å². The molecule has 1 heterocycles. The molecule has 0 unspecified atom stereocenters. The van der Waals surface area contributed by atoms with Crippen LogP contribution in [0.15, 0.2) is 22.7 Å². The van der Waals surface area contributed by atoms with E-state index in [1.807, 2.05) is 0 Å². The first kappa shape index (κ1) is 16.0. The molecule has 1 saturated heterocycles. The molecule has 1 aromatic rings. The largest absolute Gasteiger partial charge is 0.375 e. The van der Waals surface area contributed by atoms with E-state index in [1.54, 1.807) is 0 Å². The van der Waals surface area contributed by atoms with Crippen molar-refractivity contribution in [3.63, 3.8) is 0 Å². The molecule has 0 aromatic heterocycles. The van der Waals surface area contributed by atoms with Crippen LogP contribution in [-0.4, -0.2) is 37.7 Å². The normalized spacial score (nSPS) is 15.9. The second-order valence-corrected chi connectivity index (χ2v) is 6.16. The highest BCUT2D eigenvalue weighted by Crippen LogP contribution is 2.19. The second kappa shape index (κ2) is 8.78. The Morgan fingerprint density at radius 3 is 2.80 bits per heavy atom. The van der Waals surface area contributed by atoms with Gasteiger partial charge in [-0.15, -0.1) is 0 Å². The Morgan fingerprint density at radius 2 is 2.10 bits per heavy atom. The molecule has 1 aromatic carbocycles. The first-order valence-electron chi connectivity index (χ1n) is 7.57. The fourth-order valence-corrected chi connectivity index (χ4v) is 3.01. The second-order valence-electron chi connectivity index (χ2n) is 5.31. The van der Waals surface area contributed by atoms with Crippen LogP contribution in [0.2, 0.25) is 0 Å². The first-order chi connectivity index (χ1) is 9.79. The molecule has 1 aliphatic rings. The van der Waals surface area contributed by atoms with E-state index < -0.39 is 0 Å². The molecule has 0 radical (unpaired) electrons. The van der Waals surface area contributed by atoms with E-state index >= 15 is 0 Å². The summed E-state index contributed by atoms with van der Waals surface area (Å²) in [6.07, 6.45) is 2.69. The summed E-state index contributed by atoms with van der Waals surface area (Å²) in [6.45, 7) is 9.11. The minimum atomic E-state index is 0.690. The Hall–Kier alpha value is -0.420. The number of nitrogens with one attached hydrogen (secondary N) is 1. The summed E-state index contributed by atoms with van der Waals surface area (Å²) in [5, 5.41) is 3.34. The molecule has 0 spiro atoms. The molecule has 20 heavy (non-hydrogen) atoms. The van der Waals surface area contributed by atoms with E-state index in [1.165, 1.54) is 37.1 Å². The maximum atomic E-state index is 5.80. The van der Waals surface area contributed by atoms with Crippen molar-refractivity contribution in [1.29, 1.82) is 0 Å². The molecular weight excluding hydrogens is 316 g/mol. The molecule has 0 saturated carbocycles. The number of hydrogen-bond donors (Lipinski definition) is 1. The number of likely N-dealkylation sites (tertiary alicyclic amines) is 1. The molecular formula is C16H25BrN2O. The van der Waals surface area contributed by atoms with Gasteiger partial charge in [0.25, 0.3) is 0 Å². The van der Waals surface area contributed by atoms with E-state index in [4.69, 9.17) is 4.74 Å². The highest BCUT2D eigenvalue weighted by molar-refractivity contribution is 9.10. The van der Waals surface area contributed by atoms with Crippen LogP contribution in [-0.2, 0) is 17.9 Å². The summed E-state index contributed by atoms with van der Waals surface area (Å²) in [7, 11) is 0. The predicted molar refractivity (Wildman–Crippen MR) is 86.9 cm³/mol. The number of benzene rings is 1. The van der Waals surface area contributed by atoms with Gasteiger partial charge in [0, 0.05) is 17.6 Å². The van der Waals surface area contributed by atoms with Gasteiger partial charge < -0.3 is 15.0 Å². The van der Waals surface area contributed by atoms with Crippen molar-refractivity contribution in [1.82, 2.24) is 10.2 Å². The molecule has 1 N–H and O–H groups in total. The molecule has 1 aliphatic heterocycles. The van der Waals surface area contributed by atoms with Crippen LogP contribution >= 0.6 is 15.9 Å². The van der Waals surface area contributed by atoms with E-state index in [0.29, 0.717) is 6.61 Å². The number of halogens is 1. The third-order valence-electron chi connectivity index (χ3n) is 3.70. The molecule has 2 rings (SSSR count). The standard InChI is InChI=1S/C16H25BrN2O/c1-2-18-12-14-5-6-15(16(17)11-14)13-20-10-9-19-7-3-4-8-19/h5-6,11,18H,2-4,7-10,12-13H2,1H3. The zero-order valence-electron chi connectivity index (χ0n) is 12.3. The fourth-order valence-electron chi connectivity index (χ4n) is 2.47. The molecule has 0 atom stereocenters. The quantitative estimate of drug-likeness (QED) is 0.735. The van der Waals surface area contributed by atoms with E-state index in [-0.39, 0.29) is 0 Å². The lowest BCUT2D eigenvalue weighted by atomic mass is 10.1. The zero-order valence-corrected chi connectivity index (χ0v) is 13.9. The van der Waals surface area contributed by atoms with Crippen LogP contribution in [0.5, 0.6) is 0 Å². The molecule has 4 heteroatoms. The number of nitrogens with zero attached hydrogens (tertiary/aromatic N) is 1. The lowest BCUT2D eigenvalue weighted by molar-refractivity contribution is 0.0989. The van der Waals surface area contributed by atoms with Crippen molar-refractivity contribution in [2.45, 2.75) is 32.9 Å². The Balaban J connectivity index is 1.71. The van der Waals surface area contributed by atoms with E-state index in [0.717, 1.165) is 30.7 Å².